The minimum atomic E-state index is -4.82. The fourth-order valence-electron chi connectivity index (χ4n) is 3.94. The maximum atomic E-state index is 13.3. The molecule has 3 aromatic rings. The Kier molecular flexibility index (Phi) is 5.83. The van der Waals surface area contributed by atoms with Crippen molar-refractivity contribution in [1.82, 2.24) is 13.8 Å². The summed E-state index contributed by atoms with van der Waals surface area (Å²) in [6.07, 6.45) is -4.82. The lowest BCUT2D eigenvalue weighted by molar-refractivity contribution is -0.140. The number of fused-ring (bicyclic) bond motifs is 1. The number of halogens is 3. The number of carbonyl (C=O) groups is 1. The molecule has 0 saturated carbocycles. The van der Waals surface area contributed by atoms with Crippen LogP contribution in [0.25, 0.3) is 11.1 Å². The highest BCUT2D eigenvalue weighted by atomic mass is 32.2. The summed E-state index contributed by atoms with van der Waals surface area (Å²) in [6.45, 7) is 1.14. The molecule has 1 saturated heterocycles. The van der Waals surface area contributed by atoms with E-state index in [0.29, 0.717) is 11.1 Å². The van der Waals surface area contributed by atoms with E-state index in [-0.39, 0.29) is 26.2 Å². The van der Waals surface area contributed by atoms with E-state index < -0.39 is 44.4 Å². The molecule has 2 aromatic carbocycles. The van der Waals surface area contributed by atoms with Crippen molar-refractivity contribution in [3.05, 3.63) is 64.6 Å². The van der Waals surface area contributed by atoms with Crippen LogP contribution in [0.4, 0.5) is 13.2 Å². The van der Waals surface area contributed by atoms with Crippen LogP contribution in [0.1, 0.15) is 18.5 Å². The molecule has 1 aliphatic heterocycles. The third-order valence-corrected chi connectivity index (χ3v) is 7.58. The highest BCUT2D eigenvalue weighted by Gasteiger charge is 2.40. The number of amides is 1. The first-order valence-corrected chi connectivity index (χ1v) is 11.5. The Morgan fingerprint density at radius 3 is 2.27 bits per heavy atom. The zero-order valence-electron chi connectivity index (χ0n) is 17.4. The van der Waals surface area contributed by atoms with Gasteiger partial charge in [0.05, 0.1) is 16.0 Å². The van der Waals surface area contributed by atoms with Crippen LogP contribution in [-0.4, -0.2) is 54.3 Å². The number of benzene rings is 2. The standard InChI is InChI=1S/C21H20F3N3O5S/c1-14(27-16-7-3-4-8-17(16)32-20(27)29)19(28)25-10-12-26(13-11-25)33(30,31)18-9-5-2-6-15(18)21(22,23)24/h2-9,14H,10-13H2,1H3/t14-/m0/s1. The summed E-state index contributed by atoms with van der Waals surface area (Å²) in [4.78, 5) is 25.9. The van der Waals surface area contributed by atoms with Gasteiger partial charge in [-0.25, -0.2) is 13.2 Å². The van der Waals surface area contributed by atoms with Crippen molar-refractivity contribution < 1.29 is 30.8 Å². The monoisotopic (exact) mass is 483 g/mol. The smallest absolute Gasteiger partial charge is 0.408 e. The molecule has 8 nitrogen and oxygen atoms in total. The minimum Gasteiger partial charge on any atom is -0.408 e. The van der Waals surface area contributed by atoms with E-state index in [1.54, 1.807) is 24.3 Å². The number of sulfonamides is 1. The van der Waals surface area contributed by atoms with Gasteiger partial charge in [-0.1, -0.05) is 24.3 Å². The average Bonchev–Trinajstić information content (AvgIpc) is 3.13. The summed E-state index contributed by atoms with van der Waals surface area (Å²) in [6, 6.07) is 9.74. The molecule has 4 rings (SSSR count). The Bertz CT molecular complexity index is 1360. The van der Waals surface area contributed by atoms with Crippen LogP contribution >= 0.6 is 0 Å². The molecule has 0 unspecified atom stereocenters. The molecule has 1 aliphatic rings. The van der Waals surface area contributed by atoms with Gasteiger partial charge >= 0.3 is 11.9 Å². The third kappa shape index (κ3) is 4.15. The summed E-state index contributed by atoms with van der Waals surface area (Å²) in [7, 11) is -4.42. The lowest BCUT2D eigenvalue weighted by atomic mass is 10.2. The molecule has 0 N–H and O–H groups in total. The number of hydrogen-bond acceptors (Lipinski definition) is 5. The van der Waals surface area contributed by atoms with Crippen molar-refractivity contribution in [2.24, 2.45) is 0 Å². The van der Waals surface area contributed by atoms with E-state index in [1.807, 2.05) is 0 Å². The van der Waals surface area contributed by atoms with Gasteiger partial charge in [0, 0.05) is 26.2 Å². The molecule has 0 bridgehead atoms. The van der Waals surface area contributed by atoms with Crippen LogP contribution in [0.5, 0.6) is 0 Å². The number of hydrogen-bond donors (Lipinski definition) is 0. The Hall–Kier alpha value is -3.12. The number of carbonyl (C=O) groups excluding carboxylic acids is 1. The highest BCUT2D eigenvalue weighted by Crippen LogP contribution is 2.35. The second kappa shape index (κ2) is 8.34. The number of alkyl halides is 3. The molecule has 0 radical (unpaired) electrons. The fourth-order valence-corrected chi connectivity index (χ4v) is 5.57. The average molecular weight is 483 g/mol. The highest BCUT2D eigenvalue weighted by molar-refractivity contribution is 7.89. The molecule has 1 aromatic heterocycles. The van der Waals surface area contributed by atoms with E-state index in [1.165, 1.54) is 22.5 Å². The van der Waals surface area contributed by atoms with Gasteiger partial charge in [-0.3, -0.25) is 9.36 Å². The number of para-hydroxylation sites is 2. The number of piperazine rings is 1. The molecular weight excluding hydrogens is 463 g/mol. The first-order chi connectivity index (χ1) is 15.5. The lowest BCUT2D eigenvalue weighted by Crippen LogP contribution is -2.52. The van der Waals surface area contributed by atoms with Crippen molar-refractivity contribution in [3.63, 3.8) is 0 Å². The van der Waals surface area contributed by atoms with Gasteiger partial charge in [0.1, 0.15) is 6.04 Å². The molecule has 33 heavy (non-hydrogen) atoms. The largest absolute Gasteiger partial charge is 0.420 e. The molecule has 1 fully saturated rings. The first-order valence-electron chi connectivity index (χ1n) is 10.1. The van der Waals surface area contributed by atoms with Gasteiger partial charge in [-0.05, 0) is 31.2 Å². The van der Waals surface area contributed by atoms with E-state index in [4.69, 9.17) is 4.42 Å². The second-order valence-electron chi connectivity index (χ2n) is 7.60. The zero-order chi connectivity index (χ0) is 24.0. The summed E-state index contributed by atoms with van der Waals surface area (Å²) in [5, 5.41) is 0. The van der Waals surface area contributed by atoms with Crippen LogP contribution in [-0.2, 0) is 21.0 Å². The molecular formula is C21H20F3N3O5S. The second-order valence-corrected chi connectivity index (χ2v) is 9.51. The van der Waals surface area contributed by atoms with E-state index in [9.17, 15) is 31.2 Å². The number of oxazole rings is 1. The SMILES string of the molecule is C[C@@H](C(=O)N1CCN(S(=O)(=O)c2ccccc2C(F)(F)F)CC1)n1c(=O)oc2ccccc21. The maximum absolute atomic E-state index is 13.3. The van der Waals surface area contributed by atoms with Gasteiger partial charge in [-0.2, -0.15) is 17.5 Å². The van der Waals surface area contributed by atoms with Crippen LogP contribution in [0, 0.1) is 0 Å². The Morgan fingerprint density at radius 2 is 1.61 bits per heavy atom. The predicted octanol–water partition coefficient (Wildman–Crippen LogP) is 2.71. The summed E-state index contributed by atoms with van der Waals surface area (Å²) >= 11 is 0. The molecule has 1 atom stereocenters. The predicted molar refractivity (Wildman–Crippen MR) is 112 cm³/mol. The fraction of sp³-hybridized carbons (Fsp3) is 0.333. The normalized spacial score (nSPS) is 16.8. The van der Waals surface area contributed by atoms with E-state index in [2.05, 4.69) is 0 Å². The molecule has 0 spiro atoms. The van der Waals surface area contributed by atoms with E-state index >= 15 is 0 Å². The number of rotatable bonds is 4. The van der Waals surface area contributed by atoms with Crippen LogP contribution in [0.2, 0.25) is 0 Å². The quantitative estimate of drug-likeness (QED) is 0.569. The minimum absolute atomic E-state index is 0.0267. The molecule has 0 aliphatic carbocycles. The van der Waals surface area contributed by atoms with Crippen molar-refractivity contribution in [3.8, 4) is 0 Å². The molecule has 2 heterocycles. The topological polar surface area (TPSA) is 92.8 Å². The Morgan fingerprint density at radius 1 is 1.00 bits per heavy atom. The van der Waals surface area contributed by atoms with Crippen molar-refractivity contribution >= 4 is 27.0 Å². The third-order valence-electron chi connectivity index (χ3n) is 5.62. The molecule has 176 valence electrons. The number of nitrogens with zero attached hydrogens (tertiary/aromatic N) is 3. The van der Waals surface area contributed by atoms with Crippen molar-refractivity contribution in [2.45, 2.75) is 24.0 Å². The van der Waals surface area contributed by atoms with Gasteiger partial charge in [0.2, 0.25) is 15.9 Å². The summed E-state index contributed by atoms with van der Waals surface area (Å²) in [5.41, 5.74) is -0.446. The summed E-state index contributed by atoms with van der Waals surface area (Å²) < 4.78 is 73.1. The zero-order valence-corrected chi connectivity index (χ0v) is 18.3. The van der Waals surface area contributed by atoms with Gasteiger partial charge in [-0.15, -0.1) is 0 Å². The Labute approximate surface area is 186 Å². The maximum Gasteiger partial charge on any atom is 0.420 e. The van der Waals surface area contributed by atoms with E-state index in [0.717, 1.165) is 22.5 Å². The van der Waals surface area contributed by atoms with Crippen molar-refractivity contribution in [2.75, 3.05) is 26.2 Å². The van der Waals surface area contributed by atoms with Crippen molar-refractivity contribution in [1.29, 1.82) is 0 Å². The van der Waals surface area contributed by atoms with Crippen LogP contribution in [0.3, 0.4) is 0 Å². The lowest BCUT2D eigenvalue weighted by Gasteiger charge is -2.35. The van der Waals surface area contributed by atoms with Gasteiger partial charge < -0.3 is 9.32 Å². The Balaban J connectivity index is 1.52. The van der Waals surface area contributed by atoms with Crippen LogP contribution < -0.4 is 5.76 Å². The molecule has 12 heteroatoms. The van der Waals surface area contributed by atoms with Crippen LogP contribution in [0.15, 0.2) is 62.6 Å². The van der Waals surface area contributed by atoms with Gasteiger partial charge in [0.25, 0.3) is 0 Å². The van der Waals surface area contributed by atoms with Gasteiger partial charge in [0.15, 0.2) is 5.58 Å². The summed E-state index contributed by atoms with van der Waals surface area (Å²) in [5.74, 6) is -1.11. The molecule has 1 amide bonds. The number of aromatic nitrogens is 1. The first kappa shape index (κ1) is 23.1.